The average Bonchev–Trinajstić information content (AvgIpc) is 2.78. The number of anilines is 1. The zero-order valence-electron chi connectivity index (χ0n) is 10.2. The van der Waals surface area contributed by atoms with Crippen molar-refractivity contribution in [3.63, 3.8) is 0 Å². The third kappa shape index (κ3) is 3.13. The molecule has 18 heavy (non-hydrogen) atoms. The van der Waals surface area contributed by atoms with Crippen LogP contribution in [0.1, 0.15) is 19.8 Å². The number of nitrogens with zero attached hydrogens (tertiary/aromatic N) is 2. The quantitative estimate of drug-likeness (QED) is 0.842. The third-order valence-corrected chi connectivity index (χ3v) is 3.00. The summed E-state index contributed by atoms with van der Waals surface area (Å²) in [6.07, 6.45) is 2.34. The highest BCUT2D eigenvalue weighted by molar-refractivity contribution is 5.37. The first-order chi connectivity index (χ1) is 8.56. The van der Waals surface area contributed by atoms with Crippen molar-refractivity contribution in [1.82, 2.24) is 9.88 Å². The lowest BCUT2D eigenvalue weighted by atomic mass is 10.3. The van der Waals surface area contributed by atoms with Crippen LogP contribution in [0.5, 0.6) is 0 Å². The standard InChI is InChI=1S/C12H16F3N3/c1-8(7-18-4-2-3-5-18)16-12-10(14)6-9(13)11(15)17-12/h6,8H,2-5,7H2,1H3,(H,16,17). The number of hydrogen-bond donors (Lipinski definition) is 1. The zero-order valence-corrected chi connectivity index (χ0v) is 10.2. The van der Waals surface area contributed by atoms with Gasteiger partial charge in [-0.1, -0.05) is 0 Å². The molecular formula is C12H16F3N3. The topological polar surface area (TPSA) is 28.2 Å². The molecule has 2 rings (SSSR count). The molecule has 0 bridgehead atoms. The van der Waals surface area contributed by atoms with Crippen molar-refractivity contribution < 1.29 is 13.2 Å². The van der Waals surface area contributed by atoms with Crippen molar-refractivity contribution in [3.8, 4) is 0 Å². The second-order valence-corrected chi connectivity index (χ2v) is 4.64. The van der Waals surface area contributed by atoms with Gasteiger partial charge in [0.2, 0.25) is 0 Å². The molecule has 1 aliphatic heterocycles. The maximum Gasteiger partial charge on any atom is 0.251 e. The highest BCUT2D eigenvalue weighted by Gasteiger charge is 2.17. The van der Waals surface area contributed by atoms with Crippen LogP contribution in [0.2, 0.25) is 0 Å². The van der Waals surface area contributed by atoms with E-state index in [-0.39, 0.29) is 11.9 Å². The second kappa shape index (κ2) is 5.56. The van der Waals surface area contributed by atoms with Crippen molar-refractivity contribution in [3.05, 3.63) is 23.6 Å². The summed E-state index contributed by atoms with van der Waals surface area (Å²) < 4.78 is 39.0. The molecule has 1 fully saturated rings. The Hall–Kier alpha value is -1.30. The van der Waals surface area contributed by atoms with Gasteiger partial charge in [-0.25, -0.2) is 8.78 Å². The van der Waals surface area contributed by atoms with Crippen LogP contribution in [0.4, 0.5) is 19.0 Å². The SMILES string of the molecule is CC(CN1CCCC1)Nc1nc(F)c(F)cc1F. The summed E-state index contributed by atoms with van der Waals surface area (Å²) in [7, 11) is 0. The number of aromatic nitrogens is 1. The summed E-state index contributed by atoms with van der Waals surface area (Å²) in [4.78, 5) is 5.49. The number of pyridine rings is 1. The largest absolute Gasteiger partial charge is 0.364 e. The van der Waals surface area contributed by atoms with E-state index in [1.165, 1.54) is 12.8 Å². The van der Waals surface area contributed by atoms with Crippen molar-refractivity contribution in [2.24, 2.45) is 0 Å². The van der Waals surface area contributed by atoms with Gasteiger partial charge < -0.3 is 10.2 Å². The van der Waals surface area contributed by atoms with E-state index in [9.17, 15) is 13.2 Å². The van der Waals surface area contributed by atoms with Crippen LogP contribution in [-0.2, 0) is 0 Å². The molecule has 1 aliphatic rings. The smallest absolute Gasteiger partial charge is 0.251 e. The van der Waals surface area contributed by atoms with E-state index in [0.717, 1.165) is 19.6 Å². The number of rotatable bonds is 4. The van der Waals surface area contributed by atoms with E-state index in [4.69, 9.17) is 0 Å². The lowest BCUT2D eigenvalue weighted by Gasteiger charge is -2.21. The lowest BCUT2D eigenvalue weighted by molar-refractivity contribution is 0.327. The molecule has 2 heterocycles. The Kier molecular flexibility index (Phi) is 4.06. The van der Waals surface area contributed by atoms with Gasteiger partial charge in [0.05, 0.1) is 0 Å². The maximum atomic E-state index is 13.4. The molecule has 1 unspecified atom stereocenters. The number of nitrogens with one attached hydrogen (secondary N) is 1. The van der Waals surface area contributed by atoms with Crippen LogP contribution < -0.4 is 5.32 Å². The maximum absolute atomic E-state index is 13.4. The van der Waals surface area contributed by atoms with Gasteiger partial charge >= 0.3 is 0 Å². The Labute approximate surface area is 104 Å². The summed E-state index contributed by atoms with van der Waals surface area (Å²) in [5.74, 6) is -3.67. The van der Waals surface area contributed by atoms with Crippen molar-refractivity contribution in [1.29, 1.82) is 0 Å². The summed E-state index contributed by atoms with van der Waals surface area (Å²) in [6, 6.07) is 0.433. The van der Waals surface area contributed by atoms with E-state index in [2.05, 4.69) is 15.2 Å². The third-order valence-electron chi connectivity index (χ3n) is 3.00. The number of likely N-dealkylation sites (tertiary alicyclic amines) is 1. The Morgan fingerprint density at radius 2 is 1.94 bits per heavy atom. The van der Waals surface area contributed by atoms with Crippen LogP contribution >= 0.6 is 0 Å². The first-order valence-electron chi connectivity index (χ1n) is 6.06. The van der Waals surface area contributed by atoms with Crippen LogP contribution in [0.15, 0.2) is 6.07 Å². The average molecular weight is 259 g/mol. The predicted octanol–water partition coefficient (Wildman–Crippen LogP) is 2.40. The molecule has 1 atom stereocenters. The molecule has 0 aliphatic carbocycles. The van der Waals surface area contributed by atoms with Gasteiger partial charge in [0.1, 0.15) is 0 Å². The Morgan fingerprint density at radius 1 is 1.28 bits per heavy atom. The molecule has 100 valence electrons. The van der Waals surface area contributed by atoms with E-state index in [0.29, 0.717) is 6.07 Å². The molecule has 3 nitrogen and oxygen atoms in total. The summed E-state index contributed by atoms with van der Waals surface area (Å²) in [5, 5.41) is 2.77. The zero-order chi connectivity index (χ0) is 13.1. The molecular weight excluding hydrogens is 243 g/mol. The predicted molar refractivity (Wildman–Crippen MR) is 62.9 cm³/mol. The van der Waals surface area contributed by atoms with Crippen LogP contribution in [0.25, 0.3) is 0 Å². The number of halogens is 3. The minimum Gasteiger partial charge on any atom is -0.364 e. The molecule has 0 spiro atoms. The fraction of sp³-hybridized carbons (Fsp3) is 0.583. The molecule has 1 saturated heterocycles. The van der Waals surface area contributed by atoms with Gasteiger partial charge in [0, 0.05) is 18.7 Å². The normalized spacial score (nSPS) is 18.0. The summed E-state index contributed by atoms with van der Waals surface area (Å²) >= 11 is 0. The van der Waals surface area contributed by atoms with E-state index < -0.39 is 17.6 Å². The van der Waals surface area contributed by atoms with Gasteiger partial charge in [0.25, 0.3) is 5.95 Å². The van der Waals surface area contributed by atoms with Gasteiger partial charge in [-0.2, -0.15) is 9.37 Å². The first kappa shape index (κ1) is 13.1. The fourth-order valence-corrected chi connectivity index (χ4v) is 2.18. The van der Waals surface area contributed by atoms with Gasteiger partial charge in [-0.05, 0) is 32.9 Å². The Morgan fingerprint density at radius 3 is 2.61 bits per heavy atom. The van der Waals surface area contributed by atoms with Crippen LogP contribution in [0, 0.1) is 17.6 Å². The second-order valence-electron chi connectivity index (χ2n) is 4.64. The Balaban J connectivity index is 1.97. The van der Waals surface area contributed by atoms with Crippen LogP contribution in [-0.4, -0.2) is 35.6 Å². The molecule has 0 saturated carbocycles. The minimum atomic E-state index is -1.28. The van der Waals surface area contributed by atoms with Gasteiger partial charge in [0.15, 0.2) is 17.5 Å². The molecule has 1 N–H and O–H groups in total. The molecule has 0 aromatic carbocycles. The first-order valence-corrected chi connectivity index (χ1v) is 6.06. The van der Waals surface area contributed by atoms with E-state index in [1.807, 2.05) is 6.92 Å². The van der Waals surface area contributed by atoms with Crippen molar-refractivity contribution in [2.75, 3.05) is 25.0 Å². The van der Waals surface area contributed by atoms with Crippen molar-refractivity contribution in [2.45, 2.75) is 25.8 Å². The van der Waals surface area contributed by atoms with E-state index in [1.54, 1.807) is 0 Å². The minimum absolute atomic E-state index is 0.0741. The Bertz CT molecular complexity index is 419. The van der Waals surface area contributed by atoms with Crippen molar-refractivity contribution >= 4 is 5.82 Å². The molecule has 6 heteroatoms. The van der Waals surface area contributed by atoms with Gasteiger partial charge in [-0.3, -0.25) is 0 Å². The summed E-state index contributed by atoms with van der Waals surface area (Å²) in [5.41, 5.74) is 0. The lowest BCUT2D eigenvalue weighted by Crippen LogP contribution is -2.33. The van der Waals surface area contributed by atoms with Crippen LogP contribution in [0.3, 0.4) is 0 Å². The summed E-state index contributed by atoms with van der Waals surface area (Å²) in [6.45, 7) is 4.65. The molecule has 0 radical (unpaired) electrons. The highest BCUT2D eigenvalue weighted by Crippen LogP contribution is 2.16. The van der Waals surface area contributed by atoms with E-state index >= 15 is 0 Å². The molecule has 0 amide bonds. The monoisotopic (exact) mass is 259 g/mol. The highest BCUT2D eigenvalue weighted by atomic mass is 19.2. The van der Waals surface area contributed by atoms with Gasteiger partial charge in [-0.15, -0.1) is 0 Å². The molecule has 1 aromatic rings. The molecule has 1 aromatic heterocycles. The number of hydrogen-bond acceptors (Lipinski definition) is 3. The fourth-order valence-electron chi connectivity index (χ4n) is 2.18.